The van der Waals surface area contributed by atoms with Gasteiger partial charge in [-0.25, -0.2) is 4.79 Å². The lowest BCUT2D eigenvalue weighted by atomic mass is 9.89. The van der Waals surface area contributed by atoms with Crippen LogP contribution in [-0.4, -0.2) is 49.4 Å². The minimum absolute atomic E-state index is 0. The van der Waals surface area contributed by atoms with E-state index in [9.17, 15) is 4.79 Å². The molecule has 152 valence electrons. The van der Waals surface area contributed by atoms with Gasteiger partial charge < -0.3 is 26.2 Å². The molecule has 2 saturated heterocycles. The Hall–Kier alpha value is -0.590. The summed E-state index contributed by atoms with van der Waals surface area (Å²) in [6, 6.07) is 3.36. The van der Waals surface area contributed by atoms with Gasteiger partial charge in [-0.2, -0.15) is 11.3 Å². The van der Waals surface area contributed by atoms with Gasteiger partial charge in [0, 0.05) is 37.6 Å². The first kappa shape index (κ1) is 21.1. The second kappa shape index (κ2) is 8.83. The summed E-state index contributed by atoms with van der Waals surface area (Å²) in [7, 11) is 4.70. The summed E-state index contributed by atoms with van der Waals surface area (Å²) in [4.78, 5) is 15.0. The smallest absolute Gasteiger partial charge is 0.414 e. The first-order valence-electron chi connectivity index (χ1n) is 10.4. The van der Waals surface area contributed by atoms with E-state index in [0.717, 1.165) is 29.6 Å². The van der Waals surface area contributed by atoms with Crippen LogP contribution in [0.3, 0.4) is 0 Å². The Balaban J connectivity index is 0.00000210. The van der Waals surface area contributed by atoms with Gasteiger partial charge in [-0.3, -0.25) is 4.90 Å². The maximum absolute atomic E-state index is 13.1. The van der Waals surface area contributed by atoms with Gasteiger partial charge in [0.15, 0.2) is 0 Å². The summed E-state index contributed by atoms with van der Waals surface area (Å²) in [6.45, 7) is 0.816. The number of hydrogen-bond acceptors (Lipinski definition) is 3. The lowest BCUT2D eigenvalue weighted by Crippen LogP contribution is -3.00. The zero-order valence-electron chi connectivity index (χ0n) is 16.6. The van der Waals surface area contributed by atoms with E-state index in [1.165, 1.54) is 44.9 Å². The summed E-state index contributed by atoms with van der Waals surface area (Å²) in [5.41, 5.74) is 1.01. The molecule has 0 N–H and O–H groups in total. The molecule has 2 bridgehead atoms. The predicted octanol–water partition coefficient (Wildman–Crippen LogP) is 2.05. The van der Waals surface area contributed by atoms with Crippen LogP contribution >= 0.6 is 11.3 Å². The summed E-state index contributed by atoms with van der Waals surface area (Å²) in [5, 5.41) is 4.13. The van der Waals surface area contributed by atoms with Crippen LogP contribution in [0.25, 0.3) is 0 Å². The van der Waals surface area contributed by atoms with Gasteiger partial charge in [-0.15, -0.1) is 0 Å². The van der Waals surface area contributed by atoms with Crippen molar-refractivity contribution in [3.05, 3.63) is 16.8 Å². The number of ether oxygens (including phenoxy) is 1. The number of halogens is 1. The Kier molecular flexibility index (Phi) is 6.91. The Morgan fingerprint density at radius 1 is 1.15 bits per heavy atom. The lowest BCUT2D eigenvalue weighted by molar-refractivity contribution is -0.931. The molecule has 0 radical (unpaired) electrons. The van der Waals surface area contributed by atoms with Crippen molar-refractivity contribution in [2.45, 2.75) is 76.0 Å². The Bertz CT molecular complexity index is 600. The standard InChI is InChI=1S/C21H33N2O2S.BrH/c1-23(2)18-8-9-19(23)13-20(12-18)25-21(24)22(17-10-11-26-15-17)14-16-6-4-3-5-7-16;/h10-11,15-16,18-20H,3-9,12-14H2,1-2H3;1H/q+1;/p-1. The van der Waals surface area contributed by atoms with Crippen molar-refractivity contribution in [1.82, 2.24) is 0 Å². The molecule has 4 rings (SSSR count). The zero-order valence-corrected chi connectivity index (χ0v) is 19.0. The molecule has 2 aliphatic heterocycles. The Morgan fingerprint density at radius 2 is 1.81 bits per heavy atom. The third-order valence-electron chi connectivity index (χ3n) is 7.26. The highest BCUT2D eigenvalue weighted by atomic mass is 79.9. The highest BCUT2D eigenvalue weighted by molar-refractivity contribution is 7.08. The van der Waals surface area contributed by atoms with Gasteiger partial charge in [0.2, 0.25) is 0 Å². The molecule has 1 saturated carbocycles. The van der Waals surface area contributed by atoms with Crippen LogP contribution in [0.1, 0.15) is 57.8 Å². The van der Waals surface area contributed by atoms with Crippen LogP contribution in [0.5, 0.6) is 0 Å². The molecule has 0 aromatic carbocycles. The van der Waals surface area contributed by atoms with Crippen LogP contribution in [-0.2, 0) is 4.74 Å². The highest BCUT2D eigenvalue weighted by Gasteiger charge is 2.50. The van der Waals surface area contributed by atoms with E-state index in [2.05, 4.69) is 30.9 Å². The number of quaternary nitrogens is 1. The largest absolute Gasteiger partial charge is 1.00 e. The minimum Gasteiger partial charge on any atom is -1.00 e. The molecule has 1 aromatic rings. The lowest BCUT2D eigenvalue weighted by Gasteiger charge is -2.44. The van der Waals surface area contributed by atoms with Crippen molar-refractivity contribution in [1.29, 1.82) is 0 Å². The number of carbonyl (C=O) groups is 1. The fourth-order valence-electron chi connectivity index (χ4n) is 5.46. The normalized spacial score (nSPS) is 29.8. The molecule has 4 nitrogen and oxygen atoms in total. The van der Waals surface area contributed by atoms with Gasteiger partial charge in [-0.1, -0.05) is 19.3 Å². The van der Waals surface area contributed by atoms with Gasteiger partial charge in [0.1, 0.15) is 6.10 Å². The third kappa shape index (κ3) is 4.54. The quantitative estimate of drug-likeness (QED) is 0.648. The SMILES string of the molecule is C[N+]1(C)C2CCC1CC(OC(=O)N(CC1CCCCC1)c1ccsc1)C2.[Br-]. The van der Waals surface area contributed by atoms with Crippen molar-refractivity contribution in [3.63, 3.8) is 0 Å². The van der Waals surface area contributed by atoms with Crippen LogP contribution in [0, 0.1) is 5.92 Å². The number of piperidine rings is 1. The molecule has 3 fully saturated rings. The van der Waals surface area contributed by atoms with E-state index in [1.54, 1.807) is 11.3 Å². The molecule has 3 aliphatic rings. The average Bonchev–Trinajstić information content (AvgIpc) is 3.17. The van der Waals surface area contributed by atoms with Gasteiger partial charge in [0.25, 0.3) is 0 Å². The van der Waals surface area contributed by atoms with Crippen molar-refractivity contribution in [2.24, 2.45) is 5.92 Å². The van der Waals surface area contributed by atoms with Gasteiger partial charge in [0.05, 0.1) is 31.9 Å². The van der Waals surface area contributed by atoms with Crippen molar-refractivity contribution in [3.8, 4) is 0 Å². The molecule has 27 heavy (non-hydrogen) atoms. The van der Waals surface area contributed by atoms with E-state index in [4.69, 9.17) is 4.74 Å². The number of fused-ring (bicyclic) bond motifs is 2. The summed E-state index contributed by atoms with van der Waals surface area (Å²) >= 11 is 1.65. The van der Waals surface area contributed by atoms with Gasteiger partial charge >= 0.3 is 6.09 Å². The zero-order chi connectivity index (χ0) is 18.1. The molecule has 1 amide bonds. The van der Waals surface area contributed by atoms with E-state index in [1.807, 2.05) is 4.90 Å². The number of thiophene rings is 1. The van der Waals surface area contributed by atoms with Crippen LogP contribution in [0.15, 0.2) is 16.8 Å². The number of anilines is 1. The van der Waals surface area contributed by atoms with Crippen LogP contribution in [0.4, 0.5) is 10.5 Å². The number of carbonyl (C=O) groups excluding carboxylic acids is 1. The van der Waals surface area contributed by atoms with Crippen molar-refractivity contribution in [2.75, 3.05) is 25.5 Å². The summed E-state index contributed by atoms with van der Waals surface area (Å²) in [6.07, 6.45) is 11.0. The van der Waals surface area contributed by atoms with E-state index in [-0.39, 0.29) is 29.2 Å². The molecule has 6 heteroatoms. The monoisotopic (exact) mass is 456 g/mol. The third-order valence-corrected chi connectivity index (χ3v) is 7.93. The molecule has 3 heterocycles. The van der Waals surface area contributed by atoms with E-state index < -0.39 is 0 Å². The fraction of sp³-hybridized carbons (Fsp3) is 0.762. The molecule has 0 spiro atoms. The Morgan fingerprint density at radius 3 is 2.41 bits per heavy atom. The van der Waals surface area contributed by atoms with Crippen molar-refractivity contribution < 1.29 is 31.0 Å². The van der Waals surface area contributed by atoms with Crippen LogP contribution in [0.2, 0.25) is 0 Å². The van der Waals surface area contributed by atoms with Gasteiger partial charge in [-0.05, 0) is 30.2 Å². The van der Waals surface area contributed by atoms with E-state index in [0.29, 0.717) is 18.0 Å². The summed E-state index contributed by atoms with van der Waals surface area (Å²) in [5.74, 6) is 0.620. The minimum atomic E-state index is -0.120. The maximum atomic E-state index is 13.1. The first-order valence-corrected chi connectivity index (χ1v) is 11.3. The maximum Gasteiger partial charge on any atom is 0.414 e. The second-order valence-electron chi connectivity index (χ2n) is 9.09. The topological polar surface area (TPSA) is 29.5 Å². The number of amides is 1. The fourth-order valence-corrected chi connectivity index (χ4v) is 6.10. The Labute approximate surface area is 178 Å². The molecule has 1 aliphatic carbocycles. The molecule has 2 unspecified atom stereocenters. The highest BCUT2D eigenvalue weighted by Crippen LogP contribution is 2.41. The molecular formula is C21H33BrN2O2S. The number of rotatable bonds is 4. The molecule has 1 aromatic heterocycles. The predicted molar refractivity (Wildman–Crippen MR) is 107 cm³/mol. The van der Waals surface area contributed by atoms with Crippen molar-refractivity contribution >= 4 is 23.1 Å². The van der Waals surface area contributed by atoms with Crippen LogP contribution < -0.4 is 21.9 Å². The molecular weight excluding hydrogens is 424 g/mol. The molecule has 2 atom stereocenters. The number of nitrogens with zero attached hydrogens (tertiary/aromatic N) is 2. The first-order chi connectivity index (χ1) is 12.5. The van der Waals surface area contributed by atoms with E-state index >= 15 is 0 Å². The number of hydrogen-bond donors (Lipinski definition) is 0. The average molecular weight is 457 g/mol. The summed E-state index contributed by atoms with van der Waals surface area (Å²) < 4.78 is 7.19. The second-order valence-corrected chi connectivity index (χ2v) is 9.87.